The van der Waals surface area contributed by atoms with Crippen LogP contribution < -0.4 is 10.1 Å². The van der Waals surface area contributed by atoms with Crippen LogP contribution in [0.4, 0.5) is 9.93 Å². The standard InChI is InChI=1S/C25H33N5O3S/c1-17(9-12-28-23-29-19-7-5-6-8-20(19)34-23)32-22-21(26-13-14-27-22)18-10-15-30(16-11-18)24(31)33-25(2,3)4/h5-8,13-14,17-18H,9-12,15-16H2,1-4H3,(H,28,29). The predicted molar refractivity (Wildman–Crippen MR) is 135 cm³/mol. The van der Waals surface area contributed by atoms with Gasteiger partial charge in [-0.15, -0.1) is 0 Å². The van der Waals surface area contributed by atoms with Gasteiger partial charge in [0.15, 0.2) is 5.13 Å². The molecule has 9 heteroatoms. The van der Waals surface area contributed by atoms with E-state index in [4.69, 9.17) is 9.47 Å². The number of benzene rings is 1. The van der Waals surface area contributed by atoms with Gasteiger partial charge in [-0.3, -0.25) is 4.98 Å². The summed E-state index contributed by atoms with van der Waals surface area (Å²) < 4.78 is 12.9. The average Bonchev–Trinajstić information content (AvgIpc) is 3.21. The highest BCUT2D eigenvalue weighted by molar-refractivity contribution is 7.22. The number of hydrogen-bond donors (Lipinski definition) is 1. The topological polar surface area (TPSA) is 89.5 Å². The summed E-state index contributed by atoms with van der Waals surface area (Å²) in [7, 11) is 0. The minimum Gasteiger partial charge on any atom is -0.473 e. The first-order valence-electron chi connectivity index (χ1n) is 11.8. The molecule has 1 aromatic carbocycles. The Balaban J connectivity index is 1.28. The fourth-order valence-electron chi connectivity index (χ4n) is 3.95. The number of hydrogen-bond acceptors (Lipinski definition) is 8. The van der Waals surface area contributed by atoms with Crippen LogP contribution in [-0.2, 0) is 4.74 Å². The molecule has 0 radical (unpaired) electrons. The van der Waals surface area contributed by atoms with Crippen LogP contribution in [0, 0.1) is 0 Å². The minimum absolute atomic E-state index is 0.0285. The maximum absolute atomic E-state index is 12.4. The summed E-state index contributed by atoms with van der Waals surface area (Å²) >= 11 is 1.66. The Morgan fingerprint density at radius 2 is 1.94 bits per heavy atom. The summed E-state index contributed by atoms with van der Waals surface area (Å²) in [5.74, 6) is 0.793. The number of para-hydroxylation sites is 1. The number of ether oxygens (including phenoxy) is 2. The monoisotopic (exact) mass is 483 g/mol. The van der Waals surface area contributed by atoms with E-state index < -0.39 is 5.60 Å². The zero-order chi connectivity index (χ0) is 24.1. The number of carbonyl (C=O) groups excluding carboxylic acids is 1. The van der Waals surface area contributed by atoms with E-state index >= 15 is 0 Å². The van der Waals surface area contributed by atoms with Gasteiger partial charge in [0.1, 0.15) is 11.3 Å². The summed E-state index contributed by atoms with van der Waals surface area (Å²) in [6.07, 6.45) is 5.52. The molecule has 0 spiro atoms. The Labute approximate surface area is 204 Å². The maximum Gasteiger partial charge on any atom is 0.410 e. The van der Waals surface area contributed by atoms with Crippen LogP contribution in [0.1, 0.15) is 58.6 Å². The Morgan fingerprint density at radius 1 is 1.21 bits per heavy atom. The molecule has 1 aliphatic heterocycles. The Morgan fingerprint density at radius 3 is 2.68 bits per heavy atom. The number of fused-ring (bicyclic) bond motifs is 1. The molecule has 4 rings (SSSR count). The fraction of sp³-hybridized carbons (Fsp3) is 0.520. The Kier molecular flexibility index (Phi) is 7.50. The van der Waals surface area contributed by atoms with Gasteiger partial charge in [0.2, 0.25) is 5.88 Å². The van der Waals surface area contributed by atoms with E-state index in [1.54, 1.807) is 28.6 Å². The third-order valence-corrected chi connectivity index (χ3v) is 6.65. The second-order valence-electron chi connectivity index (χ2n) is 9.62. The summed E-state index contributed by atoms with van der Waals surface area (Å²) in [5.41, 5.74) is 1.40. The molecule has 8 nitrogen and oxygen atoms in total. The molecule has 3 heterocycles. The number of piperidine rings is 1. The predicted octanol–water partition coefficient (Wildman–Crippen LogP) is 5.47. The number of carbonyl (C=O) groups is 1. The van der Waals surface area contributed by atoms with Crippen LogP contribution in [-0.4, -0.2) is 57.3 Å². The largest absolute Gasteiger partial charge is 0.473 e. The van der Waals surface area contributed by atoms with Crippen molar-refractivity contribution in [2.24, 2.45) is 0 Å². The lowest BCUT2D eigenvalue weighted by Gasteiger charge is -2.33. The van der Waals surface area contributed by atoms with Gasteiger partial charge in [-0.2, -0.15) is 0 Å². The molecule has 1 fully saturated rings. The lowest BCUT2D eigenvalue weighted by molar-refractivity contribution is 0.0203. The number of nitrogens with one attached hydrogen (secondary N) is 1. The fourth-order valence-corrected chi connectivity index (χ4v) is 4.84. The molecule has 1 N–H and O–H groups in total. The van der Waals surface area contributed by atoms with E-state index in [0.717, 1.165) is 42.1 Å². The first-order valence-corrected chi connectivity index (χ1v) is 12.6. The molecule has 0 aliphatic carbocycles. The van der Waals surface area contributed by atoms with Crippen molar-refractivity contribution in [2.75, 3.05) is 25.0 Å². The molecule has 1 aliphatic rings. The van der Waals surface area contributed by atoms with E-state index in [1.807, 2.05) is 45.9 Å². The van der Waals surface area contributed by atoms with Gasteiger partial charge in [0.25, 0.3) is 0 Å². The molecular formula is C25H33N5O3S. The van der Waals surface area contributed by atoms with Gasteiger partial charge in [-0.05, 0) is 52.7 Å². The molecular weight excluding hydrogens is 450 g/mol. The van der Waals surface area contributed by atoms with Crippen molar-refractivity contribution >= 4 is 32.8 Å². The Bertz CT molecular complexity index is 1070. The quantitative estimate of drug-likeness (QED) is 0.476. The minimum atomic E-state index is -0.488. The van der Waals surface area contributed by atoms with Gasteiger partial charge >= 0.3 is 6.09 Å². The zero-order valence-corrected chi connectivity index (χ0v) is 21.1. The van der Waals surface area contributed by atoms with Crippen LogP contribution in [0.3, 0.4) is 0 Å². The van der Waals surface area contributed by atoms with Gasteiger partial charge in [-0.1, -0.05) is 23.5 Å². The SMILES string of the molecule is CC(CCNc1nc2ccccc2s1)Oc1nccnc1C1CCN(C(=O)OC(C)(C)C)CC1. The van der Waals surface area contributed by atoms with Gasteiger partial charge in [-0.25, -0.2) is 14.8 Å². The maximum atomic E-state index is 12.4. The van der Waals surface area contributed by atoms with Gasteiger partial charge in [0.05, 0.1) is 16.3 Å². The zero-order valence-electron chi connectivity index (χ0n) is 20.3. The van der Waals surface area contributed by atoms with Crippen molar-refractivity contribution in [1.82, 2.24) is 19.9 Å². The van der Waals surface area contributed by atoms with E-state index in [2.05, 4.69) is 26.3 Å². The van der Waals surface area contributed by atoms with E-state index in [1.165, 1.54) is 4.70 Å². The summed E-state index contributed by atoms with van der Waals surface area (Å²) in [6, 6.07) is 8.13. The second kappa shape index (κ2) is 10.5. The molecule has 1 amide bonds. The van der Waals surface area contributed by atoms with Crippen molar-refractivity contribution in [3.63, 3.8) is 0 Å². The molecule has 0 saturated carbocycles. The number of likely N-dealkylation sites (tertiary alicyclic amines) is 1. The number of aromatic nitrogens is 3. The van der Waals surface area contributed by atoms with E-state index in [0.29, 0.717) is 19.0 Å². The highest BCUT2D eigenvalue weighted by Gasteiger charge is 2.30. The number of amides is 1. The summed E-state index contributed by atoms with van der Waals surface area (Å²) in [6.45, 7) is 9.73. The van der Waals surface area contributed by atoms with Crippen LogP contribution >= 0.6 is 11.3 Å². The van der Waals surface area contributed by atoms with Crippen molar-refractivity contribution in [1.29, 1.82) is 0 Å². The summed E-state index contributed by atoms with van der Waals surface area (Å²) in [5, 5.41) is 4.32. The molecule has 2 aromatic heterocycles. The molecule has 1 saturated heterocycles. The summed E-state index contributed by atoms with van der Waals surface area (Å²) in [4.78, 5) is 27.8. The van der Waals surface area contributed by atoms with Gasteiger partial charge in [0, 0.05) is 44.4 Å². The van der Waals surface area contributed by atoms with Crippen LogP contribution in [0.2, 0.25) is 0 Å². The molecule has 1 atom stereocenters. The number of nitrogens with zero attached hydrogens (tertiary/aromatic N) is 4. The highest BCUT2D eigenvalue weighted by Crippen LogP contribution is 2.32. The van der Waals surface area contributed by atoms with Crippen molar-refractivity contribution in [2.45, 2.75) is 64.6 Å². The third kappa shape index (κ3) is 6.34. The molecule has 182 valence electrons. The number of rotatable bonds is 7. The second-order valence-corrected chi connectivity index (χ2v) is 10.6. The number of thiazole rings is 1. The average molecular weight is 484 g/mol. The molecule has 0 bridgehead atoms. The molecule has 34 heavy (non-hydrogen) atoms. The molecule has 3 aromatic rings. The molecule has 1 unspecified atom stereocenters. The van der Waals surface area contributed by atoms with E-state index in [-0.39, 0.29) is 18.1 Å². The van der Waals surface area contributed by atoms with Crippen LogP contribution in [0.15, 0.2) is 36.7 Å². The normalized spacial score (nSPS) is 15.8. The van der Waals surface area contributed by atoms with Gasteiger partial charge < -0.3 is 19.7 Å². The first kappa shape index (κ1) is 24.2. The lowest BCUT2D eigenvalue weighted by atomic mass is 9.93. The number of anilines is 1. The smallest absolute Gasteiger partial charge is 0.410 e. The third-order valence-electron chi connectivity index (χ3n) is 5.66. The Hall–Kier alpha value is -2.94. The lowest BCUT2D eigenvalue weighted by Crippen LogP contribution is -2.41. The van der Waals surface area contributed by atoms with Crippen LogP contribution in [0.25, 0.3) is 10.2 Å². The van der Waals surface area contributed by atoms with Crippen molar-refractivity contribution in [3.05, 3.63) is 42.4 Å². The first-order chi connectivity index (χ1) is 16.3. The van der Waals surface area contributed by atoms with Crippen LogP contribution in [0.5, 0.6) is 5.88 Å². The van der Waals surface area contributed by atoms with E-state index in [9.17, 15) is 4.79 Å². The van der Waals surface area contributed by atoms with Crippen molar-refractivity contribution < 1.29 is 14.3 Å². The van der Waals surface area contributed by atoms with Crippen molar-refractivity contribution in [3.8, 4) is 5.88 Å². The highest BCUT2D eigenvalue weighted by atomic mass is 32.1.